The summed E-state index contributed by atoms with van der Waals surface area (Å²) in [5.41, 5.74) is -1.82. The van der Waals surface area contributed by atoms with Gasteiger partial charge in [0.25, 0.3) is 15.9 Å². The molecule has 0 saturated carbocycles. The largest absolute Gasteiger partial charge is 0.495 e. The van der Waals surface area contributed by atoms with Gasteiger partial charge in [-0.2, -0.15) is 0 Å². The van der Waals surface area contributed by atoms with Gasteiger partial charge < -0.3 is 24.0 Å². The molecule has 0 aliphatic carbocycles. The maximum Gasteiger partial charge on any atom is 0.337 e. The zero-order chi connectivity index (χ0) is 34.1. The predicted molar refractivity (Wildman–Crippen MR) is 177 cm³/mol. The molecule has 3 aromatic carbocycles. The molecule has 1 unspecified atom stereocenters. The molecule has 5 rings (SSSR count). The summed E-state index contributed by atoms with van der Waals surface area (Å²) in [6.07, 6.45) is 0.307. The summed E-state index contributed by atoms with van der Waals surface area (Å²) >= 11 is 6.62. The minimum absolute atomic E-state index is 0.0124. The minimum atomic E-state index is -4.56. The number of carbonyl (C=O) groups excluding carboxylic acids is 2. The van der Waals surface area contributed by atoms with Crippen molar-refractivity contribution in [3.05, 3.63) is 82.1 Å². The van der Waals surface area contributed by atoms with Gasteiger partial charge in [-0.05, 0) is 94.4 Å². The van der Waals surface area contributed by atoms with Crippen LogP contribution < -0.4 is 13.8 Å². The van der Waals surface area contributed by atoms with E-state index in [2.05, 4.69) is 16.8 Å². The third kappa shape index (κ3) is 6.56. The van der Waals surface area contributed by atoms with Crippen molar-refractivity contribution in [1.82, 2.24) is 9.80 Å². The lowest BCUT2D eigenvalue weighted by atomic mass is 9.71. The van der Waals surface area contributed by atoms with Gasteiger partial charge in [0.15, 0.2) is 0 Å². The van der Waals surface area contributed by atoms with Crippen LogP contribution in [0.3, 0.4) is 0 Å². The number of hydrogen-bond acceptors (Lipinski definition) is 9. The lowest BCUT2D eigenvalue weighted by Gasteiger charge is -2.34. The first-order valence-electron chi connectivity index (χ1n) is 15.4. The first kappa shape index (κ1) is 34.6. The minimum Gasteiger partial charge on any atom is -0.495 e. The van der Waals surface area contributed by atoms with Crippen molar-refractivity contribution in [2.75, 3.05) is 58.3 Å². The molecule has 2 aliphatic heterocycles. The van der Waals surface area contributed by atoms with Crippen LogP contribution in [0.4, 0.5) is 10.1 Å². The number of rotatable bonds is 11. The van der Waals surface area contributed by atoms with E-state index >= 15 is 4.39 Å². The number of halogens is 2. The molecular formula is C34H39ClFN3O7S. The summed E-state index contributed by atoms with van der Waals surface area (Å²) in [6.45, 7) is 7.68. The van der Waals surface area contributed by atoms with Gasteiger partial charge in [0.2, 0.25) is 0 Å². The second-order valence-corrected chi connectivity index (χ2v) is 14.3. The van der Waals surface area contributed by atoms with E-state index in [4.69, 9.17) is 25.8 Å². The Morgan fingerprint density at radius 1 is 1.00 bits per heavy atom. The van der Waals surface area contributed by atoms with Crippen molar-refractivity contribution in [3.63, 3.8) is 0 Å². The van der Waals surface area contributed by atoms with E-state index in [1.54, 1.807) is 0 Å². The number of amides is 1. The average Bonchev–Trinajstić information content (AvgIpc) is 3.28. The fourth-order valence-corrected chi connectivity index (χ4v) is 8.00. The summed E-state index contributed by atoms with van der Waals surface area (Å²) in [4.78, 5) is 31.9. The Labute approximate surface area is 280 Å². The van der Waals surface area contributed by atoms with Gasteiger partial charge in [-0.25, -0.2) is 21.9 Å². The molecule has 1 saturated heterocycles. The summed E-state index contributed by atoms with van der Waals surface area (Å²) in [5.74, 6) is -1.81. The fourth-order valence-electron chi connectivity index (χ4n) is 6.29. The number of sulfonamides is 1. The zero-order valence-electron chi connectivity index (χ0n) is 27.1. The van der Waals surface area contributed by atoms with Crippen LogP contribution in [0.1, 0.15) is 48.2 Å². The molecule has 3 aromatic rings. The van der Waals surface area contributed by atoms with E-state index in [1.807, 2.05) is 13.8 Å². The highest BCUT2D eigenvalue weighted by atomic mass is 35.5. The quantitative estimate of drug-likeness (QED) is 0.254. The van der Waals surface area contributed by atoms with Crippen LogP contribution in [0, 0.1) is 5.82 Å². The molecule has 10 nitrogen and oxygen atoms in total. The van der Waals surface area contributed by atoms with Crippen LogP contribution in [0.15, 0.2) is 59.5 Å². The smallest absolute Gasteiger partial charge is 0.337 e. The van der Waals surface area contributed by atoms with Crippen LogP contribution in [0.25, 0.3) is 0 Å². The molecule has 1 fully saturated rings. The van der Waals surface area contributed by atoms with Crippen LogP contribution in [0.2, 0.25) is 5.02 Å². The number of esters is 1. The Balaban J connectivity index is 1.69. The topological polar surface area (TPSA) is 106 Å². The molecule has 2 aliphatic rings. The number of ether oxygens (including phenoxy) is 3. The number of methoxy groups -OCH3 is 2. The predicted octanol–water partition coefficient (Wildman–Crippen LogP) is 5.11. The SMILES string of the molecule is COC(=O)c1ccc(F)c(C2(CCCN3CCN(C)CC3)C(=O)N(S(=O)(=O)c3ccc(OC(C)C)cc3)c3cc(OC)c(Cl)cc32)c1. The number of fused-ring (bicyclic) bond motifs is 1. The standard InChI is InChI=1S/C34H39ClFN3O7S/c1-22(2)46-24-8-10-25(11-9-24)47(42,43)39-30-21-31(44-4)28(35)20-27(30)34(33(39)41,13-6-14-38-17-15-37(3)16-18-38)26-19-23(32(40)45-5)7-12-29(26)36/h7-12,19-22H,6,13-18H2,1-5H3. The van der Waals surface area contributed by atoms with Crippen molar-refractivity contribution in [3.8, 4) is 11.5 Å². The van der Waals surface area contributed by atoms with E-state index in [9.17, 15) is 18.0 Å². The summed E-state index contributed by atoms with van der Waals surface area (Å²) in [6, 6.07) is 12.2. The van der Waals surface area contributed by atoms with Crippen LogP contribution >= 0.6 is 11.6 Å². The number of benzene rings is 3. The number of carbonyl (C=O) groups is 2. The molecule has 13 heteroatoms. The Kier molecular flexibility index (Phi) is 10.2. The molecule has 1 amide bonds. The highest BCUT2D eigenvalue weighted by molar-refractivity contribution is 7.93. The number of likely N-dealkylation sites (N-methyl/N-ethyl adjacent to an activating group) is 1. The molecule has 0 spiro atoms. The van der Waals surface area contributed by atoms with E-state index < -0.39 is 33.1 Å². The van der Waals surface area contributed by atoms with Crippen molar-refractivity contribution < 1.29 is 36.6 Å². The summed E-state index contributed by atoms with van der Waals surface area (Å²) < 4.78 is 61.6. The van der Waals surface area contributed by atoms with Crippen LogP contribution in [0.5, 0.6) is 11.5 Å². The van der Waals surface area contributed by atoms with E-state index in [-0.39, 0.29) is 50.6 Å². The van der Waals surface area contributed by atoms with Gasteiger partial charge in [-0.15, -0.1) is 0 Å². The highest BCUT2D eigenvalue weighted by Crippen LogP contribution is 2.54. The Hall–Kier alpha value is -3.71. The molecular weight excluding hydrogens is 649 g/mol. The van der Waals surface area contributed by atoms with Crippen molar-refractivity contribution in [2.24, 2.45) is 0 Å². The molecule has 252 valence electrons. The Bertz CT molecular complexity index is 1760. The maximum atomic E-state index is 16.1. The third-order valence-corrected chi connectivity index (χ3v) is 10.7. The number of hydrogen-bond donors (Lipinski definition) is 0. The molecule has 2 heterocycles. The van der Waals surface area contributed by atoms with Crippen molar-refractivity contribution in [2.45, 2.75) is 43.1 Å². The van der Waals surface area contributed by atoms with E-state index in [1.165, 1.54) is 62.8 Å². The fraction of sp³-hybridized carbons (Fsp3) is 0.412. The summed E-state index contributed by atoms with van der Waals surface area (Å²) in [7, 11) is 0.0656. The molecule has 0 bridgehead atoms. The monoisotopic (exact) mass is 687 g/mol. The van der Waals surface area contributed by atoms with Gasteiger partial charge in [0.05, 0.1) is 41.5 Å². The second-order valence-electron chi connectivity index (χ2n) is 12.1. The van der Waals surface area contributed by atoms with Crippen molar-refractivity contribution in [1.29, 1.82) is 0 Å². The molecule has 1 atom stereocenters. The first-order valence-corrected chi connectivity index (χ1v) is 17.2. The van der Waals surface area contributed by atoms with Gasteiger partial charge in [0, 0.05) is 37.8 Å². The Morgan fingerprint density at radius 3 is 2.30 bits per heavy atom. The van der Waals surface area contributed by atoms with Gasteiger partial charge >= 0.3 is 5.97 Å². The molecule has 0 N–H and O–H groups in total. The van der Waals surface area contributed by atoms with E-state index in [0.717, 1.165) is 32.2 Å². The lowest BCUT2D eigenvalue weighted by Crippen LogP contribution is -2.46. The Morgan fingerprint density at radius 2 is 1.68 bits per heavy atom. The van der Waals surface area contributed by atoms with E-state index in [0.29, 0.717) is 23.0 Å². The molecule has 0 radical (unpaired) electrons. The zero-order valence-corrected chi connectivity index (χ0v) is 28.7. The molecule has 47 heavy (non-hydrogen) atoms. The second kappa shape index (κ2) is 13.8. The van der Waals surface area contributed by atoms with Crippen LogP contribution in [-0.4, -0.2) is 90.2 Å². The van der Waals surface area contributed by atoms with Crippen molar-refractivity contribution >= 4 is 39.2 Å². The molecule has 0 aromatic heterocycles. The maximum absolute atomic E-state index is 16.1. The highest BCUT2D eigenvalue weighted by Gasteiger charge is 2.57. The van der Waals surface area contributed by atoms with Gasteiger partial charge in [-0.3, -0.25) is 4.79 Å². The lowest BCUT2D eigenvalue weighted by molar-refractivity contribution is -0.121. The van der Waals surface area contributed by atoms with Gasteiger partial charge in [0.1, 0.15) is 22.7 Å². The normalized spacial score (nSPS) is 18.8. The van der Waals surface area contributed by atoms with Crippen LogP contribution in [-0.2, 0) is 25.0 Å². The first-order chi connectivity index (χ1) is 22.3. The third-order valence-electron chi connectivity index (χ3n) is 8.70. The summed E-state index contributed by atoms with van der Waals surface area (Å²) in [5, 5.41) is 0.112. The number of anilines is 1. The number of piperazine rings is 1. The number of nitrogens with zero attached hydrogens (tertiary/aromatic N) is 3. The average molecular weight is 688 g/mol. The van der Waals surface area contributed by atoms with Gasteiger partial charge in [-0.1, -0.05) is 11.6 Å².